The molecule has 0 saturated heterocycles. The van der Waals surface area contributed by atoms with Gasteiger partial charge in [0, 0.05) is 41.9 Å². The molecule has 0 aliphatic heterocycles. The molecule has 6 rings (SSSR count). The first kappa shape index (κ1) is 26.1. The van der Waals surface area contributed by atoms with Crippen molar-refractivity contribution in [1.29, 1.82) is 0 Å². The van der Waals surface area contributed by atoms with E-state index in [2.05, 4.69) is 15.4 Å². The number of nitrogens with zero attached hydrogens (tertiary/aromatic N) is 4. The van der Waals surface area contributed by atoms with Crippen molar-refractivity contribution in [3.8, 4) is 16.9 Å². The summed E-state index contributed by atoms with van der Waals surface area (Å²) >= 11 is 0. The van der Waals surface area contributed by atoms with Gasteiger partial charge in [0.15, 0.2) is 5.82 Å². The van der Waals surface area contributed by atoms with Crippen molar-refractivity contribution in [1.82, 2.24) is 19.3 Å². The highest BCUT2D eigenvalue weighted by Gasteiger charge is 2.65. The Kier molecular flexibility index (Phi) is 5.81. The molecule has 1 atom stereocenters. The van der Waals surface area contributed by atoms with Crippen molar-refractivity contribution in [3.63, 3.8) is 0 Å². The molecule has 2 fully saturated rings. The van der Waals surface area contributed by atoms with Gasteiger partial charge in [-0.3, -0.25) is 14.4 Å². The lowest BCUT2D eigenvalue weighted by Gasteiger charge is -2.20. The third-order valence-electron chi connectivity index (χ3n) is 8.25. The fourth-order valence-corrected chi connectivity index (χ4v) is 5.51. The predicted octanol–water partition coefficient (Wildman–Crippen LogP) is 3.81. The van der Waals surface area contributed by atoms with Gasteiger partial charge in [-0.25, -0.2) is 9.37 Å². The fourth-order valence-electron chi connectivity index (χ4n) is 5.51. The summed E-state index contributed by atoms with van der Waals surface area (Å²) in [7, 11) is 1.58. The third kappa shape index (κ3) is 4.23. The topological polar surface area (TPSA) is 119 Å². The Morgan fingerprint density at radius 2 is 1.95 bits per heavy atom. The molecule has 1 unspecified atom stereocenters. The van der Waals surface area contributed by atoms with Crippen molar-refractivity contribution in [2.75, 3.05) is 5.32 Å². The van der Waals surface area contributed by atoms with Crippen LogP contribution < -0.4 is 16.4 Å². The fraction of sp³-hybridized carbons (Fsp3) is 0.367. The van der Waals surface area contributed by atoms with Crippen LogP contribution in [0, 0.1) is 17.2 Å². The molecule has 2 aliphatic rings. The maximum atomic E-state index is 15.2. The van der Waals surface area contributed by atoms with Crippen molar-refractivity contribution >= 4 is 22.4 Å². The van der Waals surface area contributed by atoms with E-state index in [4.69, 9.17) is 0 Å². The highest BCUT2D eigenvalue weighted by atomic mass is 19.1. The van der Waals surface area contributed by atoms with Gasteiger partial charge in [0.2, 0.25) is 5.91 Å². The SMILES string of the molecule is Cn1cc(-c2ccnc(-n3ncc4cc(C(C)(C)C)cc(F)c4c3=O)c2CO)cc(NC(=O)C2CC23CC3)c1=O. The number of aromatic nitrogens is 4. The second-order valence-electron chi connectivity index (χ2n) is 12.0. The molecule has 2 N–H and O–H groups in total. The van der Waals surface area contributed by atoms with Crippen LogP contribution in [-0.2, 0) is 23.9 Å². The molecule has 206 valence electrons. The number of anilines is 1. The van der Waals surface area contributed by atoms with Gasteiger partial charge in [0.05, 0.1) is 18.2 Å². The van der Waals surface area contributed by atoms with E-state index in [0.29, 0.717) is 16.5 Å². The van der Waals surface area contributed by atoms with Crippen LogP contribution in [-0.4, -0.2) is 30.3 Å². The summed E-state index contributed by atoms with van der Waals surface area (Å²) in [5.74, 6) is -0.841. The minimum atomic E-state index is -0.707. The molecule has 3 aromatic heterocycles. The Labute approximate surface area is 229 Å². The summed E-state index contributed by atoms with van der Waals surface area (Å²) in [5.41, 5.74) is 0.894. The zero-order chi connectivity index (χ0) is 28.6. The smallest absolute Gasteiger partial charge is 0.283 e. The molecule has 0 bridgehead atoms. The van der Waals surface area contributed by atoms with E-state index in [9.17, 15) is 19.5 Å². The van der Waals surface area contributed by atoms with Crippen LogP contribution >= 0.6 is 0 Å². The number of hydrogen-bond acceptors (Lipinski definition) is 6. The first-order chi connectivity index (χ1) is 18.9. The molecule has 2 saturated carbocycles. The minimum Gasteiger partial charge on any atom is -0.392 e. The maximum Gasteiger partial charge on any atom is 0.283 e. The van der Waals surface area contributed by atoms with E-state index < -0.39 is 18.0 Å². The summed E-state index contributed by atoms with van der Waals surface area (Å²) in [6.45, 7) is 5.36. The molecule has 4 aromatic rings. The minimum absolute atomic E-state index is 0.0410. The first-order valence-corrected chi connectivity index (χ1v) is 13.3. The predicted molar refractivity (Wildman–Crippen MR) is 149 cm³/mol. The number of carbonyl (C=O) groups excluding carboxylic acids is 1. The number of fused-ring (bicyclic) bond motifs is 1. The number of rotatable bonds is 5. The van der Waals surface area contributed by atoms with Gasteiger partial charge in [-0.1, -0.05) is 20.8 Å². The number of benzene rings is 1. The molecule has 3 heterocycles. The Hall–Kier alpha value is -4.18. The Balaban J connectivity index is 1.44. The summed E-state index contributed by atoms with van der Waals surface area (Å²) < 4.78 is 17.6. The molecule has 1 spiro atoms. The molecule has 40 heavy (non-hydrogen) atoms. The monoisotopic (exact) mass is 543 g/mol. The number of aliphatic hydroxyl groups is 1. The number of aliphatic hydroxyl groups excluding tert-OH is 1. The van der Waals surface area contributed by atoms with Crippen LogP contribution in [0.3, 0.4) is 0 Å². The Morgan fingerprint density at radius 3 is 2.60 bits per heavy atom. The summed E-state index contributed by atoms with van der Waals surface area (Å²) in [6.07, 6.45) is 7.40. The van der Waals surface area contributed by atoms with Gasteiger partial charge in [-0.15, -0.1) is 0 Å². The Bertz CT molecular complexity index is 1830. The van der Waals surface area contributed by atoms with E-state index in [0.717, 1.165) is 29.5 Å². The quantitative estimate of drug-likeness (QED) is 0.395. The molecule has 9 nitrogen and oxygen atoms in total. The van der Waals surface area contributed by atoms with Crippen LogP contribution in [0.15, 0.2) is 52.4 Å². The Morgan fingerprint density at radius 1 is 1.20 bits per heavy atom. The van der Waals surface area contributed by atoms with E-state index in [1.54, 1.807) is 31.4 Å². The number of halogens is 1. The third-order valence-corrected chi connectivity index (χ3v) is 8.25. The highest BCUT2D eigenvalue weighted by Crippen LogP contribution is 2.70. The molecular formula is C30H30FN5O4. The van der Waals surface area contributed by atoms with Gasteiger partial charge >= 0.3 is 0 Å². The highest BCUT2D eigenvalue weighted by molar-refractivity contribution is 5.96. The van der Waals surface area contributed by atoms with Crippen LogP contribution in [0.5, 0.6) is 0 Å². The number of hydrogen-bond donors (Lipinski definition) is 2. The van der Waals surface area contributed by atoms with Crippen molar-refractivity contribution in [2.45, 2.75) is 52.1 Å². The lowest BCUT2D eigenvalue weighted by Crippen LogP contribution is -2.26. The average molecular weight is 544 g/mol. The van der Waals surface area contributed by atoms with Crippen molar-refractivity contribution in [3.05, 3.63) is 80.5 Å². The number of amides is 1. The number of nitrogens with one attached hydrogen (secondary N) is 1. The summed E-state index contributed by atoms with van der Waals surface area (Å²) in [4.78, 5) is 43.4. The van der Waals surface area contributed by atoms with Crippen molar-refractivity contribution < 1.29 is 14.3 Å². The standard InChI is InChI=1S/C30H30FN5O4/c1-29(2,3)18-9-16-13-33-36(28(40)24(16)22(31)11-18)25-20(15-37)19(5-8-32-25)17-10-23(27(39)35(4)14-17)34-26(38)21-12-30(21)6-7-30/h5,8-11,13-14,21,37H,6-7,12,15H2,1-4H3,(H,34,38). The van der Waals surface area contributed by atoms with E-state index >= 15 is 4.39 Å². The zero-order valence-electron chi connectivity index (χ0n) is 22.8. The number of aryl methyl sites for hydroxylation is 1. The number of carbonyl (C=O) groups is 1. The normalized spacial score (nSPS) is 17.3. The van der Waals surface area contributed by atoms with Gasteiger partial charge in [-0.05, 0) is 65.5 Å². The van der Waals surface area contributed by atoms with Gasteiger partial charge in [0.1, 0.15) is 11.5 Å². The lowest BCUT2D eigenvalue weighted by atomic mass is 9.86. The van der Waals surface area contributed by atoms with Crippen LogP contribution in [0.1, 0.15) is 51.2 Å². The molecule has 2 aliphatic carbocycles. The van der Waals surface area contributed by atoms with Gasteiger partial charge in [0.25, 0.3) is 11.1 Å². The van der Waals surface area contributed by atoms with Crippen LogP contribution in [0.2, 0.25) is 0 Å². The zero-order valence-corrected chi connectivity index (χ0v) is 22.8. The van der Waals surface area contributed by atoms with Gasteiger partial charge in [-0.2, -0.15) is 9.78 Å². The molecule has 0 radical (unpaired) electrons. The largest absolute Gasteiger partial charge is 0.392 e. The summed E-state index contributed by atoms with van der Waals surface area (Å²) in [6, 6.07) is 6.31. The average Bonchev–Trinajstić information content (AvgIpc) is 3.84. The molecule has 10 heteroatoms. The number of pyridine rings is 2. The van der Waals surface area contributed by atoms with Crippen LogP contribution in [0.25, 0.3) is 27.7 Å². The second-order valence-corrected chi connectivity index (χ2v) is 12.0. The lowest BCUT2D eigenvalue weighted by molar-refractivity contribution is -0.117. The second kappa shape index (κ2) is 8.92. The van der Waals surface area contributed by atoms with Gasteiger partial charge < -0.3 is 15.0 Å². The van der Waals surface area contributed by atoms with E-state index in [1.807, 2.05) is 20.8 Å². The maximum absolute atomic E-state index is 15.2. The van der Waals surface area contributed by atoms with E-state index in [1.165, 1.54) is 23.0 Å². The van der Waals surface area contributed by atoms with Crippen LogP contribution in [0.4, 0.5) is 10.1 Å². The van der Waals surface area contributed by atoms with Crippen molar-refractivity contribution in [2.24, 2.45) is 18.4 Å². The first-order valence-electron chi connectivity index (χ1n) is 13.3. The molecular weight excluding hydrogens is 513 g/mol. The molecule has 1 amide bonds. The molecule has 1 aromatic carbocycles. The van der Waals surface area contributed by atoms with E-state index in [-0.39, 0.29) is 50.7 Å². The summed E-state index contributed by atoms with van der Waals surface area (Å²) in [5, 5.41) is 17.7.